The first-order valence-corrected chi connectivity index (χ1v) is 10.5. The smallest absolute Gasteiger partial charge is 0.257 e. The van der Waals surface area contributed by atoms with Gasteiger partial charge in [0.25, 0.3) is 11.8 Å². The number of aromatic nitrogens is 3. The van der Waals surface area contributed by atoms with Crippen LogP contribution in [0.2, 0.25) is 0 Å². The highest BCUT2D eigenvalue weighted by atomic mass is 16.5. The lowest BCUT2D eigenvalue weighted by Crippen LogP contribution is -2.42. The third kappa shape index (κ3) is 3.42. The summed E-state index contributed by atoms with van der Waals surface area (Å²) in [5.74, 6) is 1.51. The van der Waals surface area contributed by atoms with Crippen LogP contribution in [0.5, 0.6) is 5.75 Å². The van der Waals surface area contributed by atoms with Gasteiger partial charge in [-0.2, -0.15) is 4.98 Å². The Kier molecular flexibility index (Phi) is 5.14. The van der Waals surface area contributed by atoms with E-state index < -0.39 is 6.10 Å². The Balaban J connectivity index is 1.39. The Labute approximate surface area is 185 Å². The van der Waals surface area contributed by atoms with Crippen LogP contribution in [-0.4, -0.2) is 52.3 Å². The average Bonchev–Trinajstić information content (AvgIpc) is 3.43. The summed E-state index contributed by atoms with van der Waals surface area (Å²) in [4.78, 5) is 19.8. The Morgan fingerprint density at radius 3 is 2.88 bits per heavy atom. The summed E-state index contributed by atoms with van der Waals surface area (Å²) in [5, 5.41) is 5.05. The van der Waals surface area contributed by atoms with Crippen LogP contribution < -0.4 is 4.74 Å². The number of benzene rings is 2. The summed E-state index contributed by atoms with van der Waals surface area (Å²) in [6, 6.07) is 15.4. The van der Waals surface area contributed by atoms with Gasteiger partial charge in [0.05, 0.1) is 25.8 Å². The summed E-state index contributed by atoms with van der Waals surface area (Å²) in [5.41, 5.74) is 3.50. The highest BCUT2D eigenvalue weighted by Crippen LogP contribution is 2.29. The minimum absolute atomic E-state index is 0.0138. The van der Waals surface area contributed by atoms with E-state index in [1.54, 1.807) is 12.0 Å². The number of rotatable bonds is 4. The number of hydrogen-bond donors (Lipinski definition) is 0. The molecule has 5 rings (SSSR count). The number of methoxy groups -OCH3 is 1. The maximum atomic E-state index is 13.5. The van der Waals surface area contributed by atoms with Crippen molar-refractivity contribution in [2.75, 3.05) is 26.8 Å². The number of fused-ring (bicyclic) bond motifs is 1. The minimum Gasteiger partial charge on any atom is -0.497 e. The fraction of sp³-hybridized carbons (Fsp3) is 0.292. The fourth-order valence-corrected chi connectivity index (χ4v) is 4.18. The van der Waals surface area contributed by atoms with E-state index in [0.717, 1.165) is 27.7 Å². The molecule has 2 aromatic heterocycles. The van der Waals surface area contributed by atoms with Crippen molar-refractivity contribution in [3.8, 4) is 17.1 Å². The number of nitrogens with zero attached hydrogens (tertiary/aromatic N) is 4. The van der Waals surface area contributed by atoms with Crippen LogP contribution in [-0.2, 0) is 11.8 Å². The van der Waals surface area contributed by atoms with Crippen molar-refractivity contribution in [1.29, 1.82) is 0 Å². The van der Waals surface area contributed by atoms with Gasteiger partial charge in [0, 0.05) is 35.8 Å². The predicted octanol–water partition coefficient (Wildman–Crippen LogP) is 3.76. The van der Waals surface area contributed by atoms with Crippen LogP contribution in [0.3, 0.4) is 0 Å². The molecule has 0 saturated carbocycles. The normalized spacial score (nSPS) is 16.5. The lowest BCUT2D eigenvalue weighted by molar-refractivity contribution is -0.0367. The van der Waals surface area contributed by atoms with Crippen LogP contribution in [0.4, 0.5) is 0 Å². The Hall–Kier alpha value is -3.65. The van der Waals surface area contributed by atoms with Crippen molar-refractivity contribution in [2.24, 2.45) is 7.05 Å². The molecule has 8 nitrogen and oxygen atoms in total. The number of ether oxygens (including phenoxy) is 2. The lowest BCUT2D eigenvalue weighted by Gasteiger charge is -2.31. The van der Waals surface area contributed by atoms with E-state index in [2.05, 4.69) is 14.7 Å². The number of aryl methyl sites for hydroxylation is 1. The van der Waals surface area contributed by atoms with E-state index in [1.165, 1.54) is 0 Å². The molecule has 4 aromatic rings. The second kappa shape index (κ2) is 8.12. The maximum absolute atomic E-state index is 13.5. The van der Waals surface area contributed by atoms with Crippen molar-refractivity contribution in [3.05, 3.63) is 65.7 Å². The fourth-order valence-electron chi connectivity index (χ4n) is 4.18. The molecule has 1 amide bonds. The van der Waals surface area contributed by atoms with E-state index in [1.807, 2.05) is 62.5 Å². The first-order valence-electron chi connectivity index (χ1n) is 10.5. The quantitative estimate of drug-likeness (QED) is 0.488. The van der Waals surface area contributed by atoms with Crippen LogP contribution >= 0.6 is 0 Å². The van der Waals surface area contributed by atoms with Crippen molar-refractivity contribution in [3.63, 3.8) is 0 Å². The van der Waals surface area contributed by atoms with E-state index in [-0.39, 0.29) is 5.91 Å². The van der Waals surface area contributed by atoms with Crippen LogP contribution in [0.25, 0.3) is 22.3 Å². The minimum atomic E-state index is -0.477. The molecule has 1 aliphatic heterocycles. The molecular formula is C24H24N4O4. The first-order chi connectivity index (χ1) is 15.6. The lowest BCUT2D eigenvalue weighted by atomic mass is 10.1. The number of para-hydroxylation sites is 1. The van der Waals surface area contributed by atoms with Gasteiger partial charge in [0.1, 0.15) is 5.75 Å². The zero-order valence-electron chi connectivity index (χ0n) is 18.2. The molecule has 32 heavy (non-hydrogen) atoms. The average molecular weight is 432 g/mol. The van der Waals surface area contributed by atoms with Crippen molar-refractivity contribution in [1.82, 2.24) is 19.6 Å². The van der Waals surface area contributed by atoms with E-state index in [9.17, 15) is 4.79 Å². The molecule has 3 heterocycles. The van der Waals surface area contributed by atoms with Crippen molar-refractivity contribution < 1.29 is 18.8 Å². The molecule has 0 aliphatic carbocycles. The van der Waals surface area contributed by atoms with E-state index in [4.69, 9.17) is 14.0 Å². The van der Waals surface area contributed by atoms with Gasteiger partial charge in [0.2, 0.25) is 5.82 Å². The Morgan fingerprint density at radius 1 is 1.19 bits per heavy atom. The number of amides is 1. The first kappa shape index (κ1) is 20.3. The molecule has 1 fully saturated rings. The molecule has 2 aromatic carbocycles. The molecule has 0 radical (unpaired) electrons. The highest BCUT2D eigenvalue weighted by molar-refractivity contribution is 6.08. The van der Waals surface area contributed by atoms with E-state index in [0.29, 0.717) is 37.2 Å². The third-order valence-electron chi connectivity index (χ3n) is 6.01. The summed E-state index contributed by atoms with van der Waals surface area (Å²) in [6.45, 7) is 3.23. The molecule has 8 heteroatoms. The molecule has 1 aliphatic rings. The number of carbonyl (C=O) groups excluding carboxylic acids is 1. The zero-order valence-corrected chi connectivity index (χ0v) is 18.2. The Bertz CT molecular complexity index is 1290. The molecular weight excluding hydrogens is 408 g/mol. The molecule has 0 N–H and O–H groups in total. The largest absolute Gasteiger partial charge is 0.497 e. The van der Waals surface area contributed by atoms with Gasteiger partial charge in [-0.1, -0.05) is 35.5 Å². The zero-order chi connectivity index (χ0) is 22.2. The highest BCUT2D eigenvalue weighted by Gasteiger charge is 2.32. The second-order valence-corrected chi connectivity index (χ2v) is 7.84. The van der Waals surface area contributed by atoms with Gasteiger partial charge in [-0.3, -0.25) is 4.79 Å². The van der Waals surface area contributed by atoms with Gasteiger partial charge < -0.3 is 23.5 Å². The maximum Gasteiger partial charge on any atom is 0.257 e. The number of morpholine rings is 1. The third-order valence-corrected chi connectivity index (χ3v) is 6.01. The van der Waals surface area contributed by atoms with E-state index >= 15 is 0 Å². The van der Waals surface area contributed by atoms with Gasteiger partial charge >= 0.3 is 0 Å². The summed E-state index contributed by atoms with van der Waals surface area (Å²) in [6.07, 6.45) is -0.477. The summed E-state index contributed by atoms with van der Waals surface area (Å²) < 4.78 is 18.7. The van der Waals surface area contributed by atoms with Crippen LogP contribution in [0, 0.1) is 6.92 Å². The van der Waals surface area contributed by atoms with Crippen LogP contribution in [0.15, 0.2) is 53.1 Å². The second-order valence-electron chi connectivity index (χ2n) is 7.84. The monoisotopic (exact) mass is 432 g/mol. The molecule has 0 spiro atoms. The van der Waals surface area contributed by atoms with Gasteiger partial charge in [0.15, 0.2) is 6.10 Å². The molecule has 1 atom stereocenters. The summed E-state index contributed by atoms with van der Waals surface area (Å²) in [7, 11) is 3.59. The van der Waals surface area contributed by atoms with Crippen molar-refractivity contribution >= 4 is 16.8 Å². The predicted molar refractivity (Wildman–Crippen MR) is 119 cm³/mol. The standard InChI is InChI=1S/C24H24N4O4/c1-15-21(18-9-4-5-10-19(18)27(15)2)24(29)28-11-12-31-20(14-28)23-25-22(26-32-23)16-7-6-8-17(13-16)30-3/h4-10,13,20H,11-12,14H2,1-3H3/t20-/m0/s1. The van der Waals surface area contributed by atoms with Gasteiger partial charge in [-0.15, -0.1) is 0 Å². The topological polar surface area (TPSA) is 82.6 Å². The molecule has 1 saturated heterocycles. The SMILES string of the molecule is COc1cccc(-c2noc([C@@H]3CN(C(=O)c4c(C)n(C)c5ccccc45)CCO3)n2)c1. The summed E-state index contributed by atoms with van der Waals surface area (Å²) >= 11 is 0. The molecule has 0 unspecified atom stereocenters. The van der Waals surface area contributed by atoms with Gasteiger partial charge in [-0.25, -0.2) is 0 Å². The van der Waals surface area contributed by atoms with Crippen molar-refractivity contribution in [2.45, 2.75) is 13.0 Å². The van der Waals surface area contributed by atoms with Crippen LogP contribution in [0.1, 0.15) is 28.0 Å². The molecule has 164 valence electrons. The molecule has 0 bridgehead atoms. The van der Waals surface area contributed by atoms with Gasteiger partial charge in [-0.05, 0) is 25.1 Å². The number of hydrogen-bond acceptors (Lipinski definition) is 6. The number of carbonyl (C=O) groups is 1. The Morgan fingerprint density at radius 2 is 2.03 bits per heavy atom.